The number of halogens is 2. The topological polar surface area (TPSA) is 47.6 Å². The first-order valence-corrected chi connectivity index (χ1v) is 12.4. The second kappa shape index (κ2) is 13.3. The highest BCUT2D eigenvalue weighted by Gasteiger charge is 2.13. The van der Waals surface area contributed by atoms with Gasteiger partial charge in [-0.1, -0.05) is 72.8 Å². The van der Waals surface area contributed by atoms with E-state index in [-0.39, 0.29) is 5.78 Å². The first kappa shape index (κ1) is 26.0. The third-order valence-corrected chi connectivity index (χ3v) is 6.45. The van der Waals surface area contributed by atoms with E-state index in [1.165, 1.54) is 0 Å². The first-order chi connectivity index (χ1) is 16.5. The van der Waals surface area contributed by atoms with Crippen molar-refractivity contribution in [1.29, 1.82) is 0 Å². The smallest absolute Gasteiger partial charge is 0.142 e. The number of carbonyl (C=O) groups excluding carboxylic acids is 1. The van der Waals surface area contributed by atoms with E-state index in [1.807, 2.05) is 42.5 Å². The molecule has 3 aromatic rings. The molecule has 0 heterocycles. The fourth-order valence-electron chi connectivity index (χ4n) is 3.48. The molecule has 34 heavy (non-hydrogen) atoms. The van der Waals surface area contributed by atoms with Crippen LogP contribution in [-0.2, 0) is 17.9 Å². The lowest BCUT2D eigenvalue weighted by Gasteiger charge is -2.16. The predicted octanol–water partition coefficient (Wildman–Crippen LogP) is 7.37. The Morgan fingerprint density at radius 1 is 1.06 bits per heavy atom. The zero-order valence-electron chi connectivity index (χ0n) is 19.3. The monoisotopic (exact) mass is 541 g/mol. The van der Waals surface area contributed by atoms with Gasteiger partial charge in [-0.15, -0.1) is 0 Å². The lowest BCUT2D eigenvalue weighted by atomic mass is 10.0. The largest absolute Gasteiger partial charge is 0.489 e. The highest BCUT2D eigenvalue weighted by molar-refractivity contribution is 9.10. The summed E-state index contributed by atoms with van der Waals surface area (Å²) in [7, 11) is 0. The summed E-state index contributed by atoms with van der Waals surface area (Å²) in [6.45, 7) is 7.39. The van der Waals surface area contributed by atoms with Crippen molar-refractivity contribution >= 4 is 33.3 Å². The SMILES string of the molecule is C=CCOc1cc(OCc2cccc(-c3ccccc3)c2Br)c(Cl)cc1CNCCCC(C)=O. The Balaban J connectivity index is 1.73. The zero-order valence-corrected chi connectivity index (χ0v) is 21.6. The molecule has 0 radical (unpaired) electrons. The van der Waals surface area contributed by atoms with Crippen LogP contribution in [0.15, 0.2) is 77.8 Å². The minimum absolute atomic E-state index is 0.197. The van der Waals surface area contributed by atoms with Crippen molar-refractivity contribution in [3.05, 3.63) is 93.9 Å². The van der Waals surface area contributed by atoms with Crippen LogP contribution in [0.25, 0.3) is 11.1 Å². The van der Waals surface area contributed by atoms with Crippen molar-refractivity contribution < 1.29 is 14.3 Å². The molecular formula is C28H29BrClNO3. The second-order valence-corrected chi connectivity index (χ2v) is 9.11. The molecule has 1 N–H and O–H groups in total. The van der Waals surface area contributed by atoms with Gasteiger partial charge in [0, 0.05) is 34.6 Å². The van der Waals surface area contributed by atoms with Gasteiger partial charge in [0.25, 0.3) is 0 Å². The molecule has 0 aliphatic carbocycles. The van der Waals surface area contributed by atoms with Crippen molar-refractivity contribution in [2.75, 3.05) is 13.2 Å². The van der Waals surface area contributed by atoms with Crippen molar-refractivity contribution in [1.82, 2.24) is 5.32 Å². The summed E-state index contributed by atoms with van der Waals surface area (Å²) in [5.41, 5.74) is 4.18. The van der Waals surface area contributed by atoms with Gasteiger partial charge in [-0.2, -0.15) is 0 Å². The van der Waals surface area contributed by atoms with E-state index >= 15 is 0 Å². The number of Topliss-reactive ketones (excluding diaryl/α,β-unsaturated/α-hetero) is 1. The maximum Gasteiger partial charge on any atom is 0.142 e. The predicted molar refractivity (Wildman–Crippen MR) is 143 cm³/mol. The molecule has 0 atom stereocenters. The average molecular weight is 543 g/mol. The maximum absolute atomic E-state index is 11.1. The molecule has 0 saturated carbocycles. The molecule has 0 amide bonds. The first-order valence-electron chi connectivity index (χ1n) is 11.2. The molecule has 0 saturated heterocycles. The quantitative estimate of drug-likeness (QED) is 0.181. The molecule has 3 rings (SSSR count). The number of nitrogens with one attached hydrogen (secondary N) is 1. The summed E-state index contributed by atoms with van der Waals surface area (Å²) in [6, 6.07) is 20.0. The third kappa shape index (κ3) is 7.45. The van der Waals surface area contributed by atoms with Gasteiger partial charge in [-0.05, 0) is 53.0 Å². The number of hydrogen-bond donors (Lipinski definition) is 1. The van der Waals surface area contributed by atoms with Crippen molar-refractivity contribution in [2.45, 2.75) is 32.9 Å². The Hall–Kier alpha value is -2.60. The van der Waals surface area contributed by atoms with E-state index in [1.54, 1.807) is 13.0 Å². The average Bonchev–Trinajstić information content (AvgIpc) is 2.83. The van der Waals surface area contributed by atoms with Crippen molar-refractivity contribution in [2.24, 2.45) is 0 Å². The van der Waals surface area contributed by atoms with Crippen LogP contribution in [0, 0.1) is 0 Å². The minimum atomic E-state index is 0.197. The number of rotatable bonds is 13. The molecule has 4 nitrogen and oxygen atoms in total. The molecule has 0 spiro atoms. The van der Waals surface area contributed by atoms with Crippen LogP contribution in [0.1, 0.15) is 30.9 Å². The summed E-state index contributed by atoms with van der Waals surface area (Å²) >= 11 is 10.3. The molecule has 0 aliphatic heterocycles. The van der Waals surface area contributed by atoms with Gasteiger partial charge in [0.2, 0.25) is 0 Å². The highest BCUT2D eigenvalue weighted by Crippen LogP contribution is 2.35. The van der Waals surface area contributed by atoms with Crippen LogP contribution >= 0.6 is 27.5 Å². The minimum Gasteiger partial charge on any atom is -0.489 e. The molecule has 0 unspecified atom stereocenters. The molecule has 0 bridgehead atoms. The Morgan fingerprint density at radius 2 is 1.85 bits per heavy atom. The van der Waals surface area contributed by atoms with E-state index in [0.29, 0.717) is 42.7 Å². The van der Waals surface area contributed by atoms with Crippen LogP contribution in [0.5, 0.6) is 11.5 Å². The zero-order chi connectivity index (χ0) is 24.3. The molecule has 3 aromatic carbocycles. The van der Waals surface area contributed by atoms with Crippen LogP contribution < -0.4 is 14.8 Å². The van der Waals surface area contributed by atoms with Gasteiger partial charge in [0.05, 0.1) is 5.02 Å². The molecule has 178 valence electrons. The van der Waals surface area contributed by atoms with Crippen molar-refractivity contribution in [3.8, 4) is 22.6 Å². The number of hydrogen-bond acceptors (Lipinski definition) is 4. The van der Waals surface area contributed by atoms with Gasteiger partial charge in [0.1, 0.15) is 30.5 Å². The van der Waals surface area contributed by atoms with Gasteiger partial charge in [-0.25, -0.2) is 0 Å². The number of benzene rings is 3. The van der Waals surface area contributed by atoms with Crippen LogP contribution in [0.4, 0.5) is 0 Å². The molecule has 0 aromatic heterocycles. The fourth-order valence-corrected chi connectivity index (χ4v) is 4.33. The fraction of sp³-hybridized carbons (Fsp3) is 0.250. The standard InChI is InChI=1S/C28H29BrClNO3/c1-3-15-33-26-17-27(25(30)16-23(26)18-31-14-8-9-20(2)32)34-19-22-12-7-13-24(28(22)29)21-10-5-4-6-11-21/h3-7,10-13,16-17,31H,1,8-9,14-15,18-19H2,2H3. The van der Waals surface area contributed by atoms with Gasteiger partial charge in [-0.3, -0.25) is 0 Å². The summed E-state index contributed by atoms with van der Waals surface area (Å²) in [5, 5.41) is 3.86. The Kier molecular flexibility index (Phi) is 10.2. The van der Waals surface area contributed by atoms with Crippen molar-refractivity contribution in [3.63, 3.8) is 0 Å². The molecule has 0 fully saturated rings. The lowest BCUT2D eigenvalue weighted by Crippen LogP contribution is -2.16. The Labute approximate surface area is 215 Å². The Bertz CT molecular complexity index is 1120. The van der Waals surface area contributed by atoms with Crippen LogP contribution in [0.3, 0.4) is 0 Å². The molecular weight excluding hydrogens is 514 g/mol. The molecule has 6 heteroatoms. The van der Waals surface area contributed by atoms with E-state index < -0.39 is 0 Å². The lowest BCUT2D eigenvalue weighted by molar-refractivity contribution is -0.117. The maximum atomic E-state index is 11.1. The Morgan fingerprint density at radius 3 is 2.59 bits per heavy atom. The summed E-state index contributed by atoms with van der Waals surface area (Å²) in [4.78, 5) is 11.1. The number of ether oxygens (including phenoxy) is 2. The highest BCUT2D eigenvalue weighted by atomic mass is 79.9. The van der Waals surface area contributed by atoms with Crippen LogP contribution in [0.2, 0.25) is 5.02 Å². The van der Waals surface area contributed by atoms with E-state index in [2.05, 4.69) is 46.0 Å². The summed E-state index contributed by atoms with van der Waals surface area (Å²) < 4.78 is 13.0. The number of ketones is 1. The third-order valence-electron chi connectivity index (χ3n) is 5.22. The van der Waals surface area contributed by atoms with Gasteiger partial charge in [0.15, 0.2) is 0 Å². The molecule has 0 aliphatic rings. The van der Waals surface area contributed by atoms with Gasteiger partial charge >= 0.3 is 0 Å². The van der Waals surface area contributed by atoms with E-state index in [9.17, 15) is 4.79 Å². The normalized spacial score (nSPS) is 10.7. The number of carbonyl (C=O) groups is 1. The van der Waals surface area contributed by atoms with E-state index in [0.717, 1.165) is 39.7 Å². The summed E-state index contributed by atoms with van der Waals surface area (Å²) in [6.07, 6.45) is 3.07. The van der Waals surface area contributed by atoms with E-state index in [4.69, 9.17) is 21.1 Å². The van der Waals surface area contributed by atoms with Gasteiger partial charge < -0.3 is 19.6 Å². The second-order valence-electron chi connectivity index (χ2n) is 7.91. The van der Waals surface area contributed by atoms with Crippen LogP contribution in [-0.4, -0.2) is 18.9 Å². The summed E-state index contributed by atoms with van der Waals surface area (Å²) in [5.74, 6) is 1.44.